The second kappa shape index (κ2) is 5.67. The first kappa shape index (κ1) is 12.6. The van der Waals surface area contributed by atoms with Gasteiger partial charge in [-0.3, -0.25) is 4.79 Å². The van der Waals surface area contributed by atoms with Gasteiger partial charge in [-0.2, -0.15) is 0 Å². The van der Waals surface area contributed by atoms with Gasteiger partial charge in [0.1, 0.15) is 6.10 Å². The topological polar surface area (TPSA) is 26.3 Å². The van der Waals surface area contributed by atoms with Crippen LogP contribution in [0.5, 0.6) is 0 Å². The van der Waals surface area contributed by atoms with Crippen molar-refractivity contribution < 1.29 is 9.53 Å². The van der Waals surface area contributed by atoms with E-state index in [1.54, 1.807) is 0 Å². The van der Waals surface area contributed by atoms with Gasteiger partial charge in [-0.1, -0.05) is 46.3 Å². The Kier molecular flexibility index (Phi) is 4.21. The minimum absolute atomic E-state index is 0.285. The summed E-state index contributed by atoms with van der Waals surface area (Å²) in [4.78, 5) is 12.1. The summed E-state index contributed by atoms with van der Waals surface area (Å²) < 4.78 is 5.39. The molecule has 0 N–H and O–H groups in total. The Labute approximate surface area is 110 Å². The van der Waals surface area contributed by atoms with Crippen LogP contribution in [0.2, 0.25) is 0 Å². The molecule has 1 saturated carbocycles. The molecule has 1 fully saturated rings. The molecule has 0 aliphatic heterocycles. The molecule has 0 saturated heterocycles. The summed E-state index contributed by atoms with van der Waals surface area (Å²) in [5.74, 6) is 0.679. The van der Waals surface area contributed by atoms with Crippen LogP contribution in [0.1, 0.15) is 18.6 Å². The molecule has 17 heavy (non-hydrogen) atoms. The van der Waals surface area contributed by atoms with Gasteiger partial charge in [0.15, 0.2) is 0 Å². The molecule has 87 valence electrons. The average Bonchev–Trinajstić information content (AvgIpc) is 2.73. The van der Waals surface area contributed by atoms with E-state index in [9.17, 15) is 4.79 Å². The normalized spacial score (nSPS) is 19.2. The predicted octanol–water partition coefficient (Wildman–Crippen LogP) is 3.42. The summed E-state index contributed by atoms with van der Waals surface area (Å²) in [6.07, 6.45) is 5.47. The summed E-state index contributed by atoms with van der Waals surface area (Å²) >= 11 is 3.46. The van der Waals surface area contributed by atoms with Crippen LogP contribution < -0.4 is 0 Å². The molecule has 2 rings (SSSR count). The lowest BCUT2D eigenvalue weighted by atomic mass is 9.94. The molecule has 1 aromatic carbocycles. The fraction of sp³-hybridized carbons (Fsp3) is 0.143. The molecular weight excluding hydrogens is 280 g/mol. The molecule has 5 radical (unpaired) electrons. The second-order valence-corrected chi connectivity index (χ2v) is 4.58. The highest BCUT2D eigenvalue weighted by molar-refractivity contribution is 9.11. The maximum Gasteiger partial charge on any atom is 0.303 e. The van der Waals surface area contributed by atoms with Crippen molar-refractivity contribution in [1.29, 1.82) is 0 Å². The van der Waals surface area contributed by atoms with Gasteiger partial charge in [0, 0.05) is 12.8 Å². The summed E-state index contributed by atoms with van der Waals surface area (Å²) in [7, 11) is 0. The molecule has 0 heterocycles. The number of hydrogen-bond acceptors (Lipinski definition) is 2. The third kappa shape index (κ3) is 3.09. The summed E-state index contributed by atoms with van der Waals surface area (Å²) in [6, 6.07) is 9.71. The lowest BCUT2D eigenvalue weighted by Crippen LogP contribution is -2.17. The van der Waals surface area contributed by atoms with E-state index in [0.717, 1.165) is 16.3 Å². The fourth-order valence-corrected chi connectivity index (χ4v) is 2.22. The zero-order chi connectivity index (χ0) is 12.3. The van der Waals surface area contributed by atoms with Crippen LogP contribution in [0, 0.1) is 30.0 Å². The van der Waals surface area contributed by atoms with Crippen LogP contribution in [-0.2, 0) is 9.53 Å². The maximum absolute atomic E-state index is 11.2. The Bertz CT molecular complexity index is 377. The van der Waals surface area contributed by atoms with E-state index in [2.05, 4.69) is 15.9 Å². The minimum atomic E-state index is -0.349. The van der Waals surface area contributed by atoms with Crippen molar-refractivity contribution in [2.45, 2.75) is 13.0 Å². The van der Waals surface area contributed by atoms with Crippen LogP contribution >= 0.6 is 15.9 Å². The second-order valence-electron chi connectivity index (χ2n) is 3.73. The van der Waals surface area contributed by atoms with Crippen LogP contribution in [0.15, 0.2) is 30.3 Å². The van der Waals surface area contributed by atoms with Crippen molar-refractivity contribution in [2.75, 3.05) is 0 Å². The number of halogens is 1. The Morgan fingerprint density at radius 2 is 1.94 bits per heavy atom. The van der Waals surface area contributed by atoms with E-state index < -0.39 is 0 Å². The molecule has 0 amide bonds. The van der Waals surface area contributed by atoms with Crippen molar-refractivity contribution in [3.8, 4) is 0 Å². The molecule has 1 aliphatic rings. The van der Waals surface area contributed by atoms with Gasteiger partial charge < -0.3 is 4.74 Å². The molecule has 0 spiro atoms. The summed E-state index contributed by atoms with van der Waals surface area (Å²) in [6.45, 7) is 1.42. The highest BCUT2D eigenvalue weighted by Crippen LogP contribution is 2.46. The van der Waals surface area contributed by atoms with E-state index >= 15 is 0 Å². The molecule has 0 unspecified atom stereocenters. The number of rotatable bonds is 3. The molecule has 1 aromatic rings. The van der Waals surface area contributed by atoms with Gasteiger partial charge in [-0.25, -0.2) is 0 Å². The van der Waals surface area contributed by atoms with Crippen molar-refractivity contribution >= 4 is 21.9 Å². The van der Waals surface area contributed by atoms with Crippen LogP contribution in [0.25, 0.3) is 0 Å². The molecule has 0 bridgehead atoms. The smallest absolute Gasteiger partial charge is 0.303 e. The Morgan fingerprint density at radius 3 is 2.47 bits per heavy atom. The minimum Gasteiger partial charge on any atom is -0.457 e. The van der Waals surface area contributed by atoms with Crippen LogP contribution in [0.4, 0.5) is 0 Å². The van der Waals surface area contributed by atoms with Gasteiger partial charge in [0.05, 0.1) is 4.83 Å². The molecule has 3 heteroatoms. The molecular formula is C14H12BrO2. The van der Waals surface area contributed by atoms with Gasteiger partial charge >= 0.3 is 5.97 Å². The number of carbonyl (C=O) groups is 1. The van der Waals surface area contributed by atoms with Gasteiger partial charge in [-0.05, 0) is 24.8 Å². The van der Waals surface area contributed by atoms with Crippen molar-refractivity contribution in [3.05, 3.63) is 65.9 Å². The third-order valence-electron chi connectivity index (χ3n) is 2.46. The predicted molar refractivity (Wildman–Crippen MR) is 69.3 cm³/mol. The first-order valence-corrected chi connectivity index (χ1v) is 6.11. The lowest BCUT2D eigenvalue weighted by Gasteiger charge is -2.24. The first-order chi connectivity index (χ1) is 8.18. The van der Waals surface area contributed by atoms with Crippen molar-refractivity contribution in [1.82, 2.24) is 0 Å². The van der Waals surface area contributed by atoms with Crippen LogP contribution in [0.3, 0.4) is 0 Å². The monoisotopic (exact) mass is 291 g/mol. The number of ether oxygens (including phenoxy) is 1. The van der Waals surface area contributed by atoms with E-state index in [-0.39, 0.29) is 12.1 Å². The number of hydrogen-bond donors (Lipinski definition) is 0. The average molecular weight is 292 g/mol. The third-order valence-corrected chi connectivity index (χ3v) is 3.18. The zero-order valence-electron chi connectivity index (χ0n) is 9.39. The number of benzene rings is 1. The van der Waals surface area contributed by atoms with Gasteiger partial charge in [0.2, 0.25) is 0 Å². The van der Waals surface area contributed by atoms with E-state index in [1.807, 2.05) is 49.6 Å². The first-order valence-electron chi connectivity index (χ1n) is 5.31. The highest BCUT2D eigenvalue weighted by Gasteiger charge is 2.36. The molecule has 1 atom stereocenters. The standard InChI is InChI=1S/C14H12BrO2/c1-10(16)17-14(11-6-3-2-4-7-11)12-8-5-9-13(12)15/h2-9,14H,1H3/t14-/m1/s1. The van der Waals surface area contributed by atoms with Crippen molar-refractivity contribution in [2.24, 2.45) is 0 Å². The van der Waals surface area contributed by atoms with E-state index in [1.165, 1.54) is 6.92 Å². The lowest BCUT2D eigenvalue weighted by molar-refractivity contribution is -0.145. The van der Waals surface area contributed by atoms with E-state index in [0.29, 0.717) is 0 Å². The van der Waals surface area contributed by atoms with Gasteiger partial charge in [0.25, 0.3) is 0 Å². The Morgan fingerprint density at radius 1 is 1.24 bits per heavy atom. The molecule has 2 nitrogen and oxygen atoms in total. The highest BCUT2D eigenvalue weighted by atomic mass is 79.9. The molecule has 1 aliphatic carbocycles. The Hall–Kier alpha value is -0.830. The number of carbonyl (C=O) groups excluding carboxylic acids is 1. The zero-order valence-corrected chi connectivity index (χ0v) is 11.0. The Balaban J connectivity index is 2.22. The van der Waals surface area contributed by atoms with E-state index in [4.69, 9.17) is 4.74 Å². The SMILES string of the molecule is CC(=O)O[C@@H]([C]1[CH][CH][CH][C]1Br)c1ccccc1. The largest absolute Gasteiger partial charge is 0.457 e. The summed E-state index contributed by atoms with van der Waals surface area (Å²) in [5, 5.41) is 0. The fourth-order valence-electron chi connectivity index (χ4n) is 1.73. The van der Waals surface area contributed by atoms with Crippen molar-refractivity contribution in [3.63, 3.8) is 0 Å². The molecule has 0 aromatic heterocycles. The quantitative estimate of drug-likeness (QED) is 0.798. The van der Waals surface area contributed by atoms with Crippen LogP contribution in [-0.4, -0.2) is 5.97 Å². The summed E-state index contributed by atoms with van der Waals surface area (Å²) in [5.41, 5.74) is 0.967. The maximum atomic E-state index is 11.2. The van der Waals surface area contributed by atoms with Gasteiger partial charge in [-0.15, -0.1) is 0 Å². The number of esters is 1.